The molecule has 0 saturated carbocycles. The van der Waals surface area contributed by atoms with E-state index in [1.54, 1.807) is 0 Å². The van der Waals surface area contributed by atoms with Gasteiger partial charge in [-0.2, -0.15) is 0 Å². The molecular formula is C17H18BrNO2. The van der Waals surface area contributed by atoms with E-state index in [0.717, 1.165) is 4.47 Å². The lowest BCUT2D eigenvalue weighted by molar-refractivity contribution is -0.123. The molecule has 21 heavy (non-hydrogen) atoms. The third-order valence-corrected chi connectivity index (χ3v) is 3.63. The van der Waals surface area contributed by atoms with Crippen LogP contribution in [0.5, 0.6) is 5.75 Å². The lowest BCUT2D eigenvalue weighted by Gasteiger charge is -2.13. The molecule has 110 valence electrons. The number of halogens is 1. The summed E-state index contributed by atoms with van der Waals surface area (Å²) in [6.45, 7) is 2.72. The van der Waals surface area contributed by atoms with Crippen molar-refractivity contribution in [3.8, 4) is 5.75 Å². The highest BCUT2D eigenvalue weighted by molar-refractivity contribution is 9.10. The molecule has 0 heterocycles. The summed E-state index contributed by atoms with van der Waals surface area (Å²) in [5, 5.41) is 2.89. The predicted molar refractivity (Wildman–Crippen MR) is 87.5 cm³/mol. The fourth-order valence-corrected chi connectivity index (χ4v) is 2.30. The van der Waals surface area contributed by atoms with Crippen LogP contribution in [-0.4, -0.2) is 19.1 Å². The molecule has 1 amide bonds. The van der Waals surface area contributed by atoms with Gasteiger partial charge >= 0.3 is 0 Å². The third-order valence-electron chi connectivity index (χ3n) is 3.14. The van der Waals surface area contributed by atoms with Crippen LogP contribution in [0.25, 0.3) is 0 Å². The molecule has 0 aliphatic heterocycles. The maximum atomic E-state index is 11.8. The van der Waals surface area contributed by atoms with Crippen molar-refractivity contribution in [3.63, 3.8) is 0 Å². The van der Waals surface area contributed by atoms with Crippen LogP contribution in [0.4, 0.5) is 0 Å². The minimum Gasteiger partial charge on any atom is -0.484 e. The van der Waals surface area contributed by atoms with Gasteiger partial charge in [-0.3, -0.25) is 4.79 Å². The summed E-state index contributed by atoms with van der Waals surface area (Å²) >= 11 is 3.36. The topological polar surface area (TPSA) is 38.3 Å². The first-order valence-electron chi connectivity index (χ1n) is 6.85. The van der Waals surface area contributed by atoms with Crippen molar-refractivity contribution in [2.24, 2.45) is 0 Å². The number of carbonyl (C=O) groups excluding carboxylic acids is 1. The predicted octanol–water partition coefficient (Wildman–Crippen LogP) is 3.75. The molecule has 0 aromatic heterocycles. The summed E-state index contributed by atoms with van der Waals surface area (Å²) in [6, 6.07) is 17.6. The largest absolute Gasteiger partial charge is 0.484 e. The standard InChI is InChI=1S/C17H18BrNO2/c1-13(14-6-3-2-4-7-14)11-19-17(20)12-21-16-9-5-8-15(18)10-16/h2-10,13H,11-12H2,1H3,(H,19,20)/t13-/m0/s1. The number of benzene rings is 2. The van der Waals surface area contributed by atoms with E-state index in [9.17, 15) is 4.79 Å². The van der Waals surface area contributed by atoms with Gasteiger partial charge in [-0.15, -0.1) is 0 Å². The first-order chi connectivity index (χ1) is 10.1. The average Bonchev–Trinajstić information content (AvgIpc) is 2.51. The molecule has 0 radical (unpaired) electrons. The van der Waals surface area contributed by atoms with Crippen molar-refractivity contribution in [1.29, 1.82) is 0 Å². The molecule has 3 nitrogen and oxygen atoms in total. The van der Waals surface area contributed by atoms with Crippen molar-refractivity contribution in [2.75, 3.05) is 13.2 Å². The molecule has 1 N–H and O–H groups in total. The van der Waals surface area contributed by atoms with E-state index in [4.69, 9.17) is 4.74 Å². The molecule has 1 atom stereocenters. The van der Waals surface area contributed by atoms with Gasteiger partial charge in [0.25, 0.3) is 5.91 Å². The van der Waals surface area contributed by atoms with Crippen molar-refractivity contribution >= 4 is 21.8 Å². The van der Waals surface area contributed by atoms with Crippen molar-refractivity contribution in [1.82, 2.24) is 5.32 Å². The minimum absolute atomic E-state index is 0.0258. The van der Waals surface area contributed by atoms with Gasteiger partial charge in [0.05, 0.1) is 0 Å². The summed E-state index contributed by atoms with van der Waals surface area (Å²) in [6.07, 6.45) is 0. The van der Waals surface area contributed by atoms with E-state index in [2.05, 4.69) is 40.3 Å². The number of rotatable bonds is 6. The second-order valence-electron chi connectivity index (χ2n) is 4.86. The van der Waals surface area contributed by atoms with E-state index in [-0.39, 0.29) is 18.4 Å². The van der Waals surface area contributed by atoms with Crippen LogP contribution in [-0.2, 0) is 4.79 Å². The number of hydrogen-bond donors (Lipinski definition) is 1. The first-order valence-corrected chi connectivity index (χ1v) is 7.64. The van der Waals surface area contributed by atoms with Gasteiger partial charge < -0.3 is 10.1 Å². The van der Waals surface area contributed by atoms with E-state index in [0.29, 0.717) is 12.3 Å². The van der Waals surface area contributed by atoms with E-state index in [1.807, 2.05) is 42.5 Å². The molecule has 0 fully saturated rings. The molecule has 2 rings (SSSR count). The molecule has 0 saturated heterocycles. The summed E-state index contributed by atoms with van der Waals surface area (Å²) in [7, 11) is 0. The fraction of sp³-hybridized carbons (Fsp3) is 0.235. The molecule has 0 spiro atoms. The quantitative estimate of drug-likeness (QED) is 0.864. The average molecular weight is 348 g/mol. The zero-order valence-corrected chi connectivity index (χ0v) is 13.5. The van der Waals surface area contributed by atoms with E-state index < -0.39 is 0 Å². The molecule has 0 unspecified atom stereocenters. The highest BCUT2D eigenvalue weighted by Gasteiger charge is 2.08. The van der Waals surface area contributed by atoms with Crippen LogP contribution in [0.15, 0.2) is 59.1 Å². The van der Waals surface area contributed by atoms with Gasteiger partial charge in [-0.05, 0) is 29.7 Å². The minimum atomic E-state index is -0.113. The number of amides is 1. The Labute approximate surface area is 133 Å². The zero-order valence-electron chi connectivity index (χ0n) is 11.9. The number of hydrogen-bond acceptors (Lipinski definition) is 2. The summed E-state index contributed by atoms with van der Waals surface area (Å²) in [5.41, 5.74) is 1.21. The summed E-state index contributed by atoms with van der Waals surface area (Å²) in [4.78, 5) is 11.8. The van der Waals surface area contributed by atoms with Crippen molar-refractivity contribution in [3.05, 3.63) is 64.6 Å². The van der Waals surface area contributed by atoms with Crippen LogP contribution in [0.2, 0.25) is 0 Å². The number of nitrogens with one attached hydrogen (secondary N) is 1. The Bertz CT molecular complexity index is 586. The Morgan fingerprint density at radius 3 is 2.67 bits per heavy atom. The maximum absolute atomic E-state index is 11.8. The SMILES string of the molecule is C[C@@H](CNC(=O)COc1cccc(Br)c1)c1ccccc1. The van der Waals surface area contributed by atoms with Crippen LogP contribution in [0.1, 0.15) is 18.4 Å². The van der Waals surface area contributed by atoms with Crippen LogP contribution in [0.3, 0.4) is 0 Å². The number of ether oxygens (including phenoxy) is 1. The molecule has 4 heteroatoms. The van der Waals surface area contributed by atoms with E-state index in [1.165, 1.54) is 5.56 Å². The summed E-state index contributed by atoms with van der Waals surface area (Å²) < 4.78 is 6.37. The normalized spacial score (nSPS) is 11.7. The maximum Gasteiger partial charge on any atom is 0.257 e. The van der Waals surface area contributed by atoms with Gasteiger partial charge in [0.1, 0.15) is 5.75 Å². The van der Waals surface area contributed by atoms with Gasteiger partial charge in [-0.1, -0.05) is 59.3 Å². The highest BCUT2D eigenvalue weighted by Crippen LogP contribution is 2.17. The monoisotopic (exact) mass is 347 g/mol. The second-order valence-corrected chi connectivity index (χ2v) is 5.78. The zero-order chi connectivity index (χ0) is 15.1. The Morgan fingerprint density at radius 2 is 1.95 bits per heavy atom. The Hall–Kier alpha value is -1.81. The molecule has 2 aromatic rings. The lowest BCUT2D eigenvalue weighted by Crippen LogP contribution is -2.31. The number of carbonyl (C=O) groups is 1. The van der Waals surface area contributed by atoms with Crippen LogP contribution >= 0.6 is 15.9 Å². The summed E-state index contributed by atoms with van der Waals surface area (Å²) in [5.74, 6) is 0.842. The molecule has 0 bridgehead atoms. The van der Waals surface area contributed by atoms with Gasteiger partial charge in [-0.25, -0.2) is 0 Å². The molecular weight excluding hydrogens is 330 g/mol. The van der Waals surface area contributed by atoms with Crippen molar-refractivity contribution in [2.45, 2.75) is 12.8 Å². The first kappa shape index (κ1) is 15.6. The third kappa shape index (κ3) is 5.23. The Balaban J connectivity index is 1.75. The molecule has 2 aromatic carbocycles. The highest BCUT2D eigenvalue weighted by atomic mass is 79.9. The van der Waals surface area contributed by atoms with Crippen molar-refractivity contribution < 1.29 is 9.53 Å². The van der Waals surface area contributed by atoms with Gasteiger partial charge in [0, 0.05) is 11.0 Å². The Kier molecular flexibility index (Phi) is 5.81. The van der Waals surface area contributed by atoms with Gasteiger partial charge in [0.2, 0.25) is 0 Å². The van der Waals surface area contributed by atoms with Gasteiger partial charge in [0.15, 0.2) is 6.61 Å². The smallest absolute Gasteiger partial charge is 0.257 e. The fourth-order valence-electron chi connectivity index (χ4n) is 1.92. The lowest BCUT2D eigenvalue weighted by atomic mass is 10.0. The van der Waals surface area contributed by atoms with E-state index >= 15 is 0 Å². The molecule has 0 aliphatic rings. The second kappa shape index (κ2) is 7.84. The van der Waals surface area contributed by atoms with Crippen LogP contribution in [0, 0.1) is 0 Å². The molecule has 0 aliphatic carbocycles. The van der Waals surface area contributed by atoms with Crippen LogP contribution < -0.4 is 10.1 Å². The Morgan fingerprint density at radius 1 is 1.19 bits per heavy atom.